The maximum atomic E-state index is 15.0. The van der Waals surface area contributed by atoms with Crippen LogP contribution in [0.15, 0.2) is 60.9 Å². The van der Waals surface area contributed by atoms with E-state index in [0.717, 1.165) is 47.2 Å². The first-order valence-corrected chi connectivity index (χ1v) is 8.71. The number of hydrogen-bond donors (Lipinski definition) is 1. The number of halogens is 1. The van der Waals surface area contributed by atoms with Gasteiger partial charge in [-0.25, -0.2) is 4.39 Å². The van der Waals surface area contributed by atoms with Crippen LogP contribution >= 0.6 is 0 Å². The summed E-state index contributed by atoms with van der Waals surface area (Å²) in [4.78, 5) is 4.11. The molecule has 2 aromatic carbocycles. The molecule has 0 spiro atoms. The largest absolute Gasteiger partial charge is 0.309 e. The van der Waals surface area contributed by atoms with Gasteiger partial charge >= 0.3 is 0 Å². The topological polar surface area (TPSA) is 42.7 Å². The number of aromatic nitrogens is 3. The minimum absolute atomic E-state index is 0.248. The van der Waals surface area contributed by atoms with Gasteiger partial charge in [0.2, 0.25) is 0 Å². The molecule has 128 valence electrons. The van der Waals surface area contributed by atoms with Crippen molar-refractivity contribution >= 4 is 10.8 Å². The highest BCUT2D eigenvalue weighted by Crippen LogP contribution is 2.37. The molecule has 26 heavy (non-hydrogen) atoms. The van der Waals surface area contributed by atoms with Crippen molar-refractivity contribution in [2.24, 2.45) is 0 Å². The highest BCUT2D eigenvalue weighted by atomic mass is 19.1. The van der Waals surface area contributed by atoms with Gasteiger partial charge in [0.1, 0.15) is 11.5 Å². The molecular formula is C21H17FN4. The summed E-state index contributed by atoms with van der Waals surface area (Å²) in [6, 6.07) is 15.2. The van der Waals surface area contributed by atoms with Crippen molar-refractivity contribution in [1.29, 1.82) is 0 Å². The Balaban J connectivity index is 1.80. The van der Waals surface area contributed by atoms with E-state index in [2.05, 4.69) is 10.3 Å². The van der Waals surface area contributed by atoms with E-state index in [1.54, 1.807) is 18.5 Å². The van der Waals surface area contributed by atoms with Gasteiger partial charge in [-0.3, -0.25) is 9.67 Å². The van der Waals surface area contributed by atoms with Gasteiger partial charge in [-0.15, -0.1) is 0 Å². The van der Waals surface area contributed by atoms with Crippen LogP contribution in [-0.4, -0.2) is 21.3 Å². The Kier molecular flexibility index (Phi) is 3.53. The van der Waals surface area contributed by atoms with Crippen LogP contribution in [0.4, 0.5) is 4.39 Å². The maximum absolute atomic E-state index is 15.0. The number of nitrogens with one attached hydrogen (secondary N) is 1. The Bertz CT molecular complexity index is 1100. The van der Waals surface area contributed by atoms with Crippen LogP contribution in [0.1, 0.15) is 5.69 Å². The first-order chi connectivity index (χ1) is 12.8. The third-order valence-electron chi connectivity index (χ3n) is 4.91. The molecule has 0 saturated heterocycles. The zero-order valence-corrected chi connectivity index (χ0v) is 14.1. The summed E-state index contributed by atoms with van der Waals surface area (Å²) in [5.41, 5.74) is 4.31. The Hall–Kier alpha value is -3.05. The second-order valence-electron chi connectivity index (χ2n) is 6.49. The van der Waals surface area contributed by atoms with Crippen molar-refractivity contribution in [2.45, 2.75) is 13.1 Å². The van der Waals surface area contributed by atoms with E-state index < -0.39 is 0 Å². The second-order valence-corrected chi connectivity index (χ2v) is 6.49. The molecule has 0 saturated carbocycles. The van der Waals surface area contributed by atoms with Crippen LogP contribution < -0.4 is 5.32 Å². The molecule has 2 aromatic heterocycles. The number of hydrogen-bond acceptors (Lipinski definition) is 3. The summed E-state index contributed by atoms with van der Waals surface area (Å²) in [6.45, 7) is 2.37. The normalized spacial score (nSPS) is 13.7. The lowest BCUT2D eigenvalue weighted by Crippen LogP contribution is -2.28. The molecule has 0 amide bonds. The molecule has 0 unspecified atom stereocenters. The molecule has 1 aliphatic heterocycles. The van der Waals surface area contributed by atoms with Crippen LogP contribution in [0, 0.1) is 5.82 Å². The minimum Gasteiger partial charge on any atom is -0.309 e. The molecule has 1 N–H and O–H groups in total. The van der Waals surface area contributed by atoms with Crippen LogP contribution in [-0.2, 0) is 13.1 Å². The first-order valence-electron chi connectivity index (χ1n) is 8.71. The molecular weight excluding hydrogens is 327 g/mol. The van der Waals surface area contributed by atoms with Crippen molar-refractivity contribution in [2.75, 3.05) is 6.54 Å². The minimum atomic E-state index is -0.248. The van der Waals surface area contributed by atoms with Gasteiger partial charge in [0, 0.05) is 36.6 Å². The van der Waals surface area contributed by atoms with E-state index >= 15 is 0 Å². The average Bonchev–Trinajstić information content (AvgIpc) is 3.07. The second kappa shape index (κ2) is 6.04. The van der Waals surface area contributed by atoms with Gasteiger partial charge < -0.3 is 5.32 Å². The summed E-state index contributed by atoms with van der Waals surface area (Å²) in [5, 5.41) is 10.1. The number of benzene rings is 2. The molecule has 1 aliphatic rings. The molecule has 4 nitrogen and oxygen atoms in total. The van der Waals surface area contributed by atoms with Crippen LogP contribution in [0.3, 0.4) is 0 Å². The van der Waals surface area contributed by atoms with Gasteiger partial charge in [0.25, 0.3) is 0 Å². The lowest BCUT2D eigenvalue weighted by atomic mass is 9.97. The van der Waals surface area contributed by atoms with Crippen molar-refractivity contribution < 1.29 is 4.39 Å². The molecule has 0 bridgehead atoms. The molecule has 5 rings (SSSR count). The van der Waals surface area contributed by atoms with Crippen LogP contribution in [0.5, 0.6) is 0 Å². The van der Waals surface area contributed by atoms with Gasteiger partial charge in [0.15, 0.2) is 0 Å². The Morgan fingerprint density at radius 1 is 1.00 bits per heavy atom. The van der Waals surface area contributed by atoms with Crippen molar-refractivity contribution in [3.8, 4) is 22.4 Å². The average molecular weight is 344 g/mol. The van der Waals surface area contributed by atoms with Crippen molar-refractivity contribution in [3.63, 3.8) is 0 Å². The van der Waals surface area contributed by atoms with E-state index in [0.29, 0.717) is 11.3 Å². The first kappa shape index (κ1) is 15.2. The van der Waals surface area contributed by atoms with Gasteiger partial charge in [-0.1, -0.05) is 24.3 Å². The fourth-order valence-electron chi connectivity index (χ4n) is 3.66. The Labute approximate surface area is 150 Å². The third-order valence-corrected chi connectivity index (χ3v) is 4.91. The van der Waals surface area contributed by atoms with E-state index in [1.807, 2.05) is 47.1 Å². The summed E-state index contributed by atoms with van der Waals surface area (Å²) < 4.78 is 17.0. The Morgan fingerprint density at radius 2 is 1.77 bits per heavy atom. The zero-order chi connectivity index (χ0) is 17.5. The summed E-state index contributed by atoms with van der Waals surface area (Å²) in [7, 11) is 0. The van der Waals surface area contributed by atoms with Crippen LogP contribution in [0.2, 0.25) is 0 Å². The third kappa shape index (κ3) is 2.40. The maximum Gasteiger partial charge on any atom is 0.133 e. The monoisotopic (exact) mass is 344 g/mol. The SMILES string of the molecule is Fc1cc2ccccc2cc1-c1nn2c(c1-c1ccncc1)CNCC2. The highest BCUT2D eigenvalue weighted by molar-refractivity contribution is 5.91. The smallest absolute Gasteiger partial charge is 0.133 e. The summed E-state index contributed by atoms with van der Waals surface area (Å²) in [5.74, 6) is -0.248. The summed E-state index contributed by atoms with van der Waals surface area (Å²) in [6.07, 6.45) is 3.52. The molecule has 4 aromatic rings. The molecule has 0 atom stereocenters. The molecule has 0 radical (unpaired) electrons. The number of fused-ring (bicyclic) bond motifs is 2. The number of rotatable bonds is 2. The van der Waals surface area contributed by atoms with Crippen LogP contribution in [0.25, 0.3) is 33.2 Å². The van der Waals surface area contributed by atoms with Crippen molar-refractivity contribution in [1.82, 2.24) is 20.1 Å². The quantitative estimate of drug-likeness (QED) is 0.597. The zero-order valence-electron chi connectivity index (χ0n) is 14.1. The predicted molar refractivity (Wildman–Crippen MR) is 100 cm³/mol. The molecule has 5 heteroatoms. The number of nitrogens with zero attached hydrogens (tertiary/aromatic N) is 3. The fourth-order valence-corrected chi connectivity index (χ4v) is 3.66. The van der Waals surface area contributed by atoms with Gasteiger partial charge in [-0.05, 0) is 40.6 Å². The lowest BCUT2D eigenvalue weighted by Gasteiger charge is -2.16. The lowest BCUT2D eigenvalue weighted by molar-refractivity contribution is 0.477. The van der Waals surface area contributed by atoms with Gasteiger partial charge in [-0.2, -0.15) is 5.10 Å². The Morgan fingerprint density at radius 3 is 2.58 bits per heavy atom. The molecule has 3 heterocycles. The predicted octanol–water partition coefficient (Wildman–Crippen LogP) is 4.01. The van der Waals surface area contributed by atoms with E-state index in [4.69, 9.17) is 5.10 Å². The van der Waals surface area contributed by atoms with Crippen molar-refractivity contribution in [3.05, 3.63) is 72.4 Å². The van der Waals surface area contributed by atoms with Gasteiger partial charge in [0.05, 0.1) is 12.2 Å². The number of pyridine rings is 1. The molecule has 0 aliphatic carbocycles. The standard InChI is InChI=1S/C21H17FN4/c22-18-12-16-4-2-1-3-15(16)11-17(18)21-20(14-5-7-23-8-6-14)19-13-24-9-10-26(19)25-21/h1-8,11-12,24H,9-10,13H2. The summed E-state index contributed by atoms with van der Waals surface area (Å²) >= 11 is 0. The van der Waals surface area contributed by atoms with E-state index in [-0.39, 0.29) is 5.82 Å². The van der Waals surface area contributed by atoms with E-state index in [1.165, 1.54) is 0 Å². The molecule has 0 fully saturated rings. The highest BCUT2D eigenvalue weighted by Gasteiger charge is 2.24. The fraction of sp³-hybridized carbons (Fsp3) is 0.143. The van der Waals surface area contributed by atoms with E-state index in [9.17, 15) is 4.39 Å².